The molecule has 0 atom stereocenters. The molecule has 0 bridgehead atoms. The minimum absolute atomic E-state index is 0.0427. The van der Waals surface area contributed by atoms with E-state index in [4.69, 9.17) is 4.74 Å². The molecule has 1 N–H and O–H groups in total. The van der Waals surface area contributed by atoms with Crippen LogP contribution in [0.25, 0.3) is 10.9 Å². The number of nitrogens with one attached hydrogen (secondary N) is 1. The highest BCUT2D eigenvalue weighted by Gasteiger charge is 2.41. The van der Waals surface area contributed by atoms with Gasteiger partial charge in [-0.1, -0.05) is 18.2 Å². The van der Waals surface area contributed by atoms with E-state index >= 15 is 0 Å². The first-order valence-corrected chi connectivity index (χ1v) is 7.54. The van der Waals surface area contributed by atoms with Crippen molar-refractivity contribution < 1.29 is 9.53 Å². The molecule has 1 aromatic heterocycles. The number of hydrogen-bond donors (Lipinski definition) is 1. The molecule has 0 spiro atoms. The number of ether oxygens (including phenoxy) is 1. The number of para-hydroxylation sites is 1. The predicted octanol–water partition coefficient (Wildman–Crippen LogP) is 3.52. The van der Waals surface area contributed by atoms with Gasteiger partial charge in [0.2, 0.25) is 0 Å². The molecule has 1 aliphatic carbocycles. The summed E-state index contributed by atoms with van der Waals surface area (Å²) in [4.78, 5) is 17.0. The number of anilines is 1. The summed E-state index contributed by atoms with van der Waals surface area (Å²) in [5.74, 6) is -0.0427. The lowest BCUT2D eigenvalue weighted by Crippen LogP contribution is -2.43. The molecule has 1 aromatic carbocycles. The highest BCUT2D eigenvalue weighted by molar-refractivity contribution is 5.98. The molecule has 1 aliphatic rings. The van der Waals surface area contributed by atoms with E-state index in [-0.39, 0.29) is 5.91 Å². The Balaban J connectivity index is 1.82. The lowest BCUT2D eigenvalue weighted by molar-refractivity contribution is -0.140. The predicted molar refractivity (Wildman–Crippen MR) is 83.2 cm³/mol. The van der Waals surface area contributed by atoms with Gasteiger partial charge in [0.25, 0.3) is 5.91 Å². The third kappa shape index (κ3) is 2.76. The second kappa shape index (κ2) is 5.82. The largest absolute Gasteiger partial charge is 0.365 e. The van der Waals surface area contributed by atoms with Gasteiger partial charge in [-0.2, -0.15) is 0 Å². The Bertz CT molecular complexity index is 648. The Morgan fingerprint density at radius 1 is 1.33 bits per heavy atom. The zero-order valence-electron chi connectivity index (χ0n) is 12.3. The van der Waals surface area contributed by atoms with Crippen LogP contribution in [0.15, 0.2) is 36.5 Å². The number of pyridine rings is 1. The fourth-order valence-electron chi connectivity index (χ4n) is 3.04. The van der Waals surface area contributed by atoms with Gasteiger partial charge in [0.15, 0.2) is 0 Å². The third-order valence-corrected chi connectivity index (χ3v) is 4.09. The number of carbonyl (C=O) groups excluding carboxylic acids is 1. The summed E-state index contributed by atoms with van der Waals surface area (Å²) in [5, 5.41) is 4.00. The molecule has 0 radical (unpaired) electrons. The van der Waals surface area contributed by atoms with Crippen molar-refractivity contribution in [2.45, 2.75) is 38.2 Å². The fraction of sp³-hybridized carbons (Fsp3) is 0.412. The Labute approximate surface area is 124 Å². The van der Waals surface area contributed by atoms with Crippen molar-refractivity contribution in [3.8, 4) is 0 Å². The van der Waals surface area contributed by atoms with Crippen molar-refractivity contribution in [3.63, 3.8) is 0 Å². The fourth-order valence-corrected chi connectivity index (χ4v) is 3.04. The molecule has 1 heterocycles. The van der Waals surface area contributed by atoms with E-state index in [0.29, 0.717) is 6.61 Å². The van der Waals surface area contributed by atoms with Crippen molar-refractivity contribution in [3.05, 3.63) is 36.5 Å². The minimum Gasteiger partial charge on any atom is -0.365 e. The van der Waals surface area contributed by atoms with Gasteiger partial charge in [0.05, 0.1) is 17.4 Å². The average Bonchev–Trinajstić information content (AvgIpc) is 2.97. The zero-order valence-corrected chi connectivity index (χ0v) is 12.3. The molecule has 4 nitrogen and oxygen atoms in total. The molecule has 2 aromatic rings. The van der Waals surface area contributed by atoms with E-state index in [2.05, 4.69) is 10.3 Å². The topological polar surface area (TPSA) is 51.2 Å². The molecule has 1 fully saturated rings. The Morgan fingerprint density at radius 3 is 2.86 bits per heavy atom. The SMILES string of the molecule is CCOC1(C(=O)Nc2cnc3ccccc3c2)CCCC1. The second-order valence-corrected chi connectivity index (χ2v) is 5.51. The number of amides is 1. The Morgan fingerprint density at radius 2 is 2.10 bits per heavy atom. The molecular weight excluding hydrogens is 264 g/mol. The molecule has 21 heavy (non-hydrogen) atoms. The molecule has 4 heteroatoms. The molecular formula is C17H20N2O2. The number of hydrogen-bond acceptors (Lipinski definition) is 3. The van der Waals surface area contributed by atoms with E-state index in [1.165, 1.54) is 0 Å². The van der Waals surface area contributed by atoms with Crippen LogP contribution in [-0.4, -0.2) is 23.1 Å². The van der Waals surface area contributed by atoms with Gasteiger partial charge in [-0.05, 0) is 44.7 Å². The number of fused-ring (bicyclic) bond motifs is 1. The minimum atomic E-state index is -0.652. The molecule has 0 saturated heterocycles. The quantitative estimate of drug-likeness (QED) is 0.934. The van der Waals surface area contributed by atoms with Gasteiger partial charge >= 0.3 is 0 Å². The van der Waals surface area contributed by atoms with Crippen LogP contribution < -0.4 is 5.32 Å². The summed E-state index contributed by atoms with van der Waals surface area (Å²) in [6.45, 7) is 2.49. The number of benzene rings is 1. The molecule has 0 aliphatic heterocycles. The van der Waals surface area contributed by atoms with Crippen LogP contribution in [-0.2, 0) is 9.53 Å². The number of carbonyl (C=O) groups is 1. The maximum atomic E-state index is 12.6. The molecule has 1 saturated carbocycles. The molecule has 1 amide bonds. The first-order chi connectivity index (χ1) is 10.2. The number of nitrogens with zero attached hydrogens (tertiary/aromatic N) is 1. The van der Waals surface area contributed by atoms with Crippen molar-refractivity contribution in [2.24, 2.45) is 0 Å². The van der Waals surface area contributed by atoms with Crippen LogP contribution in [0.5, 0.6) is 0 Å². The molecule has 110 valence electrons. The summed E-state index contributed by atoms with van der Waals surface area (Å²) in [6, 6.07) is 9.82. The van der Waals surface area contributed by atoms with Gasteiger partial charge < -0.3 is 10.1 Å². The second-order valence-electron chi connectivity index (χ2n) is 5.51. The number of rotatable bonds is 4. The Kier molecular flexibility index (Phi) is 3.88. The lowest BCUT2D eigenvalue weighted by Gasteiger charge is -2.27. The van der Waals surface area contributed by atoms with Gasteiger partial charge in [0.1, 0.15) is 5.60 Å². The van der Waals surface area contributed by atoms with Gasteiger partial charge in [-0.3, -0.25) is 9.78 Å². The normalized spacial score (nSPS) is 17.0. The third-order valence-electron chi connectivity index (χ3n) is 4.09. The zero-order chi connectivity index (χ0) is 14.7. The van der Waals surface area contributed by atoms with Crippen molar-refractivity contribution in [1.82, 2.24) is 4.98 Å². The summed E-state index contributed by atoms with van der Waals surface area (Å²) in [6.07, 6.45) is 5.39. The first-order valence-electron chi connectivity index (χ1n) is 7.54. The van der Waals surface area contributed by atoms with Crippen LogP contribution in [0, 0.1) is 0 Å². The van der Waals surface area contributed by atoms with Crippen molar-refractivity contribution >= 4 is 22.5 Å². The summed E-state index contributed by atoms with van der Waals surface area (Å²) in [5.41, 5.74) is 1.00. The van der Waals surface area contributed by atoms with E-state index in [1.54, 1.807) is 6.20 Å². The molecule has 3 rings (SSSR count). The monoisotopic (exact) mass is 284 g/mol. The molecule has 0 unspecified atom stereocenters. The van der Waals surface area contributed by atoms with Crippen LogP contribution in [0.3, 0.4) is 0 Å². The first kappa shape index (κ1) is 14.0. The van der Waals surface area contributed by atoms with Crippen LogP contribution in [0.2, 0.25) is 0 Å². The maximum Gasteiger partial charge on any atom is 0.256 e. The summed E-state index contributed by atoms with van der Waals surface area (Å²) < 4.78 is 5.78. The van der Waals surface area contributed by atoms with Gasteiger partial charge in [0, 0.05) is 12.0 Å². The van der Waals surface area contributed by atoms with E-state index in [1.807, 2.05) is 37.3 Å². The average molecular weight is 284 g/mol. The highest BCUT2D eigenvalue weighted by Crippen LogP contribution is 2.34. The standard InChI is InChI=1S/C17H20N2O2/c1-2-21-17(9-5-6-10-17)16(20)19-14-11-13-7-3-4-8-15(13)18-12-14/h3-4,7-8,11-12H,2,5-6,9-10H2,1H3,(H,19,20). The van der Waals surface area contributed by atoms with Crippen molar-refractivity contribution in [2.75, 3.05) is 11.9 Å². The maximum absolute atomic E-state index is 12.6. The highest BCUT2D eigenvalue weighted by atomic mass is 16.5. The van der Waals surface area contributed by atoms with E-state index in [0.717, 1.165) is 42.3 Å². The van der Waals surface area contributed by atoms with Crippen LogP contribution in [0.4, 0.5) is 5.69 Å². The van der Waals surface area contributed by atoms with Crippen LogP contribution in [0.1, 0.15) is 32.6 Å². The number of aromatic nitrogens is 1. The van der Waals surface area contributed by atoms with Gasteiger partial charge in [-0.15, -0.1) is 0 Å². The van der Waals surface area contributed by atoms with E-state index in [9.17, 15) is 4.79 Å². The smallest absolute Gasteiger partial charge is 0.256 e. The van der Waals surface area contributed by atoms with Crippen molar-refractivity contribution in [1.29, 1.82) is 0 Å². The Hall–Kier alpha value is -1.94. The lowest BCUT2D eigenvalue weighted by atomic mass is 10.0. The summed E-state index contributed by atoms with van der Waals surface area (Å²) >= 11 is 0. The van der Waals surface area contributed by atoms with Crippen LogP contribution >= 0.6 is 0 Å². The van der Waals surface area contributed by atoms with Gasteiger partial charge in [-0.25, -0.2) is 0 Å². The summed E-state index contributed by atoms with van der Waals surface area (Å²) in [7, 11) is 0. The van der Waals surface area contributed by atoms with E-state index < -0.39 is 5.60 Å².